The van der Waals surface area contributed by atoms with Crippen LogP contribution in [-0.2, 0) is 13.5 Å². The van der Waals surface area contributed by atoms with Crippen molar-refractivity contribution in [2.24, 2.45) is 12.5 Å². The van der Waals surface area contributed by atoms with Crippen LogP contribution >= 0.6 is 0 Å². The number of carbonyl (C=O) groups excluding carboxylic acids is 1. The predicted molar refractivity (Wildman–Crippen MR) is 102 cm³/mol. The van der Waals surface area contributed by atoms with Gasteiger partial charge in [-0.1, -0.05) is 13.0 Å². The number of hydrogen-bond acceptors (Lipinski definition) is 5. The third-order valence-electron chi connectivity index (χ3n) is 5.47. The van der Waals surface area contributed by atoms with Gasteiger partial charge in [-0.3, -0.25) is 14.6 Å². The van der Waals surface area contributed by atoms with E-state index in [0.29, 0.717) is 13.1 Å². The summed E-state index contributed by atoms with van der Waals surface area (Å²) in [5.41, 5.74) is -0.172. The van der Waals surface area contributed by atoms with Gasteiger partial charge in [-0.2, -0.15) is 0 Å². The number of piperidine rings is 1. The first-order valence-corrected chi connectivity index (χ1v) is 9.32. The van der Waals surface area contributed by atoms with Crippen molar-refractivity contribution in [1.29, 1.82) is 0 Å². The lowest BCUT2D eigenvalue weighted by atomic mass is 9.76. The van der Waals surface area contributed by atoms with Crippen molar-refractivity contribution in [3.63, 3.8) is 0 Å². The monoisotopic (exact) mass is 385 g/mol. The van der Waals surface area contributed by atoms with Crippen molar-refractivity contribution < 1.29 is 14.3 Å². The fraction of sp³-hybridized carbons (Fsp3) is 0.450. The average molecular weight is 385 g/mol. The number of ether oxygens (including phenoxy) is 2. The van der Waals surface area contributed by atoms with Crippen LogP contribution in [0.5, 0.6) is 11.5 Å². The van der Waals surface area contributed by atoms with Crippen molar-refractivity contribution in [1.82, 2.24) is 14.5 Å². The van der Waals surface area contributed by atoms with E-state index in [4.69, 9.17) is 9.47 Å². The standard InChI is InChI=1S/C20H23N3O5/c1-20(9-13-4-5-15-16(8-13)28-12-27-15)6-3-7-23(11-20)18(25)14-10-22(2)19(26)21-17(14)24/h4-5,8,10H,3,6-7,9,11-12H2,1-2H3,(H,21,24,26)/t20-/m1/s1. The van der Waals surface area contributed by atoms with Crippen molar-refractivity contribution >= 4 is 5.91 Å². The highest BCUT2D eigenvalue weighted by Gasteiger charge is 2.34. The van der Waals surface area contributed by atoms with Gasteiger partial charge in [0.2, 0.25) is 6.79 Å². The normalized spacial score (nSPS) is 21.0. The molecule has 28 heavy (non-hydrogen) atoms. The topological polar surface area (TPSA) is 93.6 Å². The van der Waals surface area contributed by atoms with Crippen LogP contribution in [0.2, 0.25) is 0 Å². The third-order valence-corrected chi connectivity index (χ3v) is 5.47. The van der Waals surface area contributed by atoms with Crippen molar-refractivity contribution in [2.45, 2.75) is 26.2 Å². The zero-order chi connectivity index (χ0) is 19.9. The molecule has 0 radical (unpaired) electrons. The fourth-order valence-electron chi connectivity index (χ4n) is 4.06. The molecule has 8 nitrogen and oxygen atoms in total. The average Bonchev–Trinajstić information content (AvgIpc) is 3.11. The predicted octanol–water partition coefficient (Wildman–Crippen LogP) is 1.29. The first-order valence-electron chi connectivity index (χ1n) is 9.32. The molecule has 0 unspecified atom stereocenters. The molecule has 1 amide bonds. The minimum atomic E-state index is -0.642. The first-order chi connectivity index (χ1) is 13.3. The molecule has 2 aromatic rings. The SMILES string of the molecule is Cn1cc(C(=O)N2CCC[C@](C)(Cc3ccc4c(c3)OCO4)C2)c(=O)[nH]c1=O. The molecule has 2 aliphatic rings. The van der Waals surface area contributed by atoms with Gasteiger partial charge < -0.3 is 18.9 Å². The van der Waals surface area contributed by atoms with E-state index in [9.17, 15) is 14.4 Å². The Bertz CT molecular complexity index is 1040. The Kier molecular flexibility index (Phi) is 4.49. The summed E-state index contributed by atoms with van der Waals surface area (Å²) in [6.07, 6.45) is 3.94. The van der Waals surface area contributed by atoms with Crippen LogP contribution in [0.4, 0.5) is 0 Å². The van der Waals surface area contributed by atoms with Crippen LogP contribution in [0.1, 0.15) is 35.7 Å². The molecule has 1 aromatic carbocycles. The number of benzene rings is 1. The Morgan fingerprint density at radius 1 is 1.25 bits per heavy atom. The summed E-state index contributed by atoms with van der Waals surface area (Å²) < 4.78 is 12.0. The number of rotatable bonds is 3. The molecule has 1 saturated heterocycles. The van der Waals surface area contributed by atoms with Gasteiger partial charge in [-0.15, -0.1) is 0 Å². The summed E-state index contributed by atoms with van der Waals surface area (Å²) >= 11 is 0. The molecule has 3 heterocycles. The van der Waals surface area contributed by atoms with E-state index in [1.54, 1.807) is 4.90 Å². The van der Waals surface area contributed by atoms with E-state index in [1.165, 1.54) is 17.8 Å². The Morgan fingerprint density at radius 2 is 2.04 bits per heavy atom. The molecule has 8 heteroatoms. The molecular weight excluding hydrogens is 362 g/mol. The van der Waals surface area contributed by atoms with E-state index in [-0.39, 0.29) is 23.7 Å². The highest BCUT2D eigenvalue weighted by molar-refractivity contribution is 5.93. The molecule has 1 N–H and O–H groups in total. The second kappa shape index (κ2) is 6.85. The van der Waals surface area contributed by atoms with E-state index >= 15 is 0 Å². The number of aryl methyl sites for hydroxylation is 1. The minimum Gasteiger partial charge on any atom is -0.454 e. The Labute approximate surface area is 161 Å². The number of nitrogens with zero attached hydrogens (tertiary/aromatic N) is 2. The zero-order valence-electron chi connectivity index (χ0n) is 16.0. The second-order valence-electron chi connectivity index (χ2n) is 7.92. The first kappa shape index (κ1) is 18.3. The van der Waals surface area contributed by atoms with Gasteiger partial charge in [0.1, 0.15) is 5.56 Å². The molecule has 0 spiro atoms. The van der Waals surface area contributed by atoms with Crippen LogP contribution < -0.4 is 20.7 Å². The summed E-state index contributed by atoms with van der Waals surface area (Å²) in [5.74, 6) is 1.17. The summed E-state index contributed by atoms with van der Waals surface area (Å²) in [7, 11) is 1.51. The molecule has 0 bridgehead atoms. The number of carbonyl (C=O) groups is 1. The lowest BCUT2D eigenvalue weighted by Gasteiger charge is -2.40. The maximum absolute atomic E-state index is 12.9. The minimum absolute atomic E-state index is 0.00516. The van der Waals surface area contributed by atoms with Crippen LogP contribution in [0, 0.1) is 5.41 Å². The summed E-state index contributed by atoms with van der Waals surface area (Å²) in [4.78, 5) is 40.5. The Morgan fingerprint density at radius 3 is 2.86 bits per heavy atom. The van der Waals surface area contributed by atoms with E-state index in [1.807, 2.05) is 18.2 Å². The number of aromatic amines is 1. The molecule has 1 aromatic heterocycles. The second-order valence-corrected chi connectivity index (χ2v) is 7.92. The summed E-state index contributed by atoms with van der Waals surface area (Å²) in [6, 6.07) is 5.93. The number of hydrogen-bond donors (Lipinski definition) is 1. The molecular formula is C20H23N3O5. The van der Waals surface area contributed by atoms with Gasteiger partial charge in [0.25, 0.3) is 11.5 Å². The molecule has 0 aliphatic carbocycles. The number of aromatic nitrogens is 2. The van der Waals surface area contributed by atoms with Gasteiger partial charge in [-0.05, 0) is 42.4 Å². The molecule has 2 aliphatic heterocycles. The highest BCUT2D eigenvalue weighted by atomic mass is 16.7. The number of amides is 1. The number of nitrogens with one attached hydrogen (secondary N) is 1. The molecule has 0 saturated carbocycles. The van der Waals surface area contributed by atoms with Gasteiger partial charge in [0.15, 0.2) is 11.5 Å². The highest BCUT2D eigenvalue weighted by Crippen LogP contribution is 2.37. The van der Waals surface area contributed by atoms with Crippen LogP contribution in [0.25, 0.3) is 0 Å². The molecule has 148 valence electrons. The van der Waals surface area contributed by atoms with Crippen molar-refractivity contribution in [3.05, 3.63) is 56.4 Å². The van der Waals surface area contributed by atoms with Crippen molar-refractivity contribution in [3.8, 4) is 11.5 Å². The fourth-order valence-corrected chi connectivity index (χ4v) is 4.06. The van der Waals surface area contributed by atoms with Crippen LogP contribution in [0.3, 0.4) is 0 Å². The number of likely N-dealkylation sites (tertiary alicyclic amines) is 1. The number of fused-ring (bicyclic) bond motifs is 1. The van der Waals surface area contributed by atoms with Gasteiger partial charge in [0.05, 0.1) is 0 Å². The van der Waals surface area contributed by atoms with Gasteiger partial charge in [0, 0.05) is 26.3 Å². The largest absolute Gasteiger partial charge is 0.454 e. The van der Waals surface area contributed by atoms with Gasteiger partial charge in [-0.25, -0.2) is 4.79 Å². The molecule has 4 rings (SSSR count). The van der Waals surface area contributed by atoms with E-state index < -0.39 is 11.2 Å². The van der Waals surface area contributed by atoms with Crippen molar-refractivity contribution in [2.75, 3.05) is 19.9 Å². The Balaban J connectivity index is 1.53. The van der Waals surface area contributed by atoms with E-state index in [0.717, 1.165) is 36.3 Å². The van der Waals surface area contributed by atoms with Crippen LogP contribution in [-0.4, -0.2) is 40.2 Å². The summed E-state index contributed by atoms with van der Waals surface area (Å²) in [5, 5.41) is 0. The number of H-pyrrole nitrogens is 1. The molecule has 1 atom stereocenters. The lowest BCUT2D eigenvalue weighted by molar-refractivity contribution is 0.0548. The Hall–Kier alpha value is -3.03. The maximum atomic E-state index is 12.9. The van der Waals surface area contributed by atoms with E-state index in [2.05, 4.69) is 11.9 Å². The lowest BCUT2D eigenvalue weighted by Crippen LogP contribution is -2.47. The smallest absolute Gasteiger partial charge is 0.328 e. The third kappa shape index (κ3) is 3.42. The van der Waals surface area contributed by atoms with Gasteiger partial charge >= 0.3 is 5.69 Å². The quantitative estimate of drug-likeness (QED) is 0.859. The summed E-state index contributed by atoms with van der Waals surface area (Å²) in [6.45, 7) is 3.54. The maximum Gasteiger partial charge on any atom is 0.328 e. The van der Waals surface area contributed by atoms with Crippen LogP contribution in [0.15, 0.2) is 34.0 Å². The molecule has 1 fully saturated rings. The zero-order valence-corrected chi connectivity index (χ0v) is 16.0.